The largest absolute Gasteiger partial charge is 0.481 e. The van der Waals surface area contributed by atoms with Gasteiger partial charge in [-0.05, 0) is 54.1 Å². The fraction of sp³-hybridized carbons (Fsp3) is 0.0741. The van der Waals surface area contributed by atoms with Crippen molar-refractivity contribution in [2.45, 2.75) is 4.90 Å². The predicted octanol–water partition coefficient (Wildman–Crippen LogP) is 5.98. The van der Waals surface area contributed by atoms with Crippen molar-refractivity contribution in [3.8, 4) is 32.6 Å². The molecule has 0 aliphatic carbocycles. The third kappa shape index (κ3) is 5.33. The van der Waals surface area contributed by atoms with E-state index < -0.39 is 15.7 Å². The van der Waals surface area contributed by atoms with Crippen LogP contribution in [0.15, 0.2) is 90.0 Å². The summed E-state index contributed by atoms with van der Waals surface area (Å²) >= 11 is 7.94. The van der Waals surface area contributed by atoms with E-state index in [0.717, 1.165) is 15.3 Å². The summed E-state index contributed by atoms with van der Waals surface area (Å²) in [4.78, 5) is 19.2. The maximum atomic E-state index is 13.1. The Morgan fingerprint density at radius 3 is 2.50 bits per heavy atom. The summed E-state index contributed by atoms with van der Waals surface area (Å²) in [6.07, 6.45) is 2.68. The molecule has 0 saturated carbocycles. The number of aromatic nitrogens is 3. The Bertz CT molecular complexity index is 1740. The summed E-state index contributed by atoms with van der Waals surface area (Å²) in [7, 11) is -1.83. The quantitative estimate of drug-likeness (QED) is 0.261. The fourth-order valence-corrected chi connectivity index (χ4v) is 5.64. The molecule has 0 aliphatic rings. The van der Waals surface area contributed by atoms with Crippen molar-refractivity contribution in [1.82, 2.24) is 14.8 Å². The number of carbonyl (C=O) groups is 1. The summed E-state index contributed by atoms with van der Waals surface area (Å²) in [5.74, 6) is 0.0190. The average molecular weight is 565 g/mol. The van der Waals surface area contributed by atoms with Gasteiger partial charge in [-0.25, -0.2) is 18.1 Å². The average Bonchev–Trinajstić information content (AvgIpc) is 3.57. The van der Waals surface area contributed by atoms with Crippen LogP contribution >= 0.6 is 22.9 Å². The Balaban J connectivity index is 1.54. The summed E-state index contributed by atoms with van der Waals surface area (Å²) in [5.41, 5.74) is 2.73. The van der Waals surface area contributed by atoms with Crippen LogP contribution in [0, 0.1) is 0 Å². The number of amides is 1. The second kappa shape index (κ2) is 10.4. The van der Waals surface area contributed by atoms with Gasteiger partial charge in [0.05, 0.1) is 45.2 Å². The van der Waals surface area contributed by atoms with E-state index in [9.17, 15) is 13.2 Å². The smallest absolute Gasteiger partial charge is 0.276 e. The molecule has 5 aromatic rings. The Morgan fingerprint density at radius 2 is 1.79 bits per heavy atom. The zero-order valence-electron chi connectivity index (χ0n) is 20.3. The van der Waals surface area contributed by atoms with Gasteiger partial charge in [-0.3, -0.25) is 4.79 Å². The van der Waals surface area contributed by atoms with E-state index in [2.05, 4.69) is 15.4 Å². The van der Waals surface area contributed by atoms with E-state index in [-0.39, 0.29) is 10.6 Å². The Hall–Kier alpha value is -3.99. The number of anilines is 1. The number of hydrogen-bond acceptors (Lipinski definition) is 7. The van der Waals surface area contributed by atoms with E-state index in [0.29, 0.717) is 28.0 Å². The number of hydrogen-bond donors (Lipinski definition) is 1. The van der Waals surface area contributed by atoms with Gasteiger partial charge in [0.1, 0.15) is 0 Å². The SMILES string of the molecule is COc1ccc(NC(=O)c2cc(-c3ccc(-c4cccc(S(C)(=O)=O)c4)s3)n(-c3ccccc3Cl)n2)cn1. The first-order valence-electron chi connectivity index (χ1n) is 11.3. The zero-order valence-corrected chi connectivity index (χ0v) is 22.6. The Kier molecular flexibility index (Phi) is 7.02. The Labute approximate surface area is 228 Å². The highest BCUT2D eigenvalue weighted by molar-refractivity contribution is 7.90. The lowest BCUT2D eigenvalue weighted by molar-refractivity contribution is 0.102. The molecule has 1 amide bonds. The molecule has 192 valence electrons. The third-order valence-electron chi connectivity index (χ3n) is 5.63. The van der Waals surface area contributed by atoms with Crippen molar-refractivity contribution in [3.05, 3.63) is 95.8 Å². The molecular weight excluding hydrogens is 544 g/mol. The minimum atomic E-state index is -3.34. The lowest BCUT2D eigenvalue weighted by atomic mass is 10.2. The molecule has 0 spiro atoms. The normalized spacial score (nSPS) is 11.3. The van der Waals surface area contributed by atoms with Crippen molar-refractivity contribution < 1.29 is 17.9 Å². The monoisotopic (exact) mass is 564 g/mol. The second-order valence-corrected chi connectivity index (χ2v) is 11.8. The summed E-state index contributed by atoms with van der Waals surface area (Å²) < 4.78 is 30.8. The van der Waals surface area contributed by atoms with Gasteiger partial charge in [0, 0.05) is 17.2 Å². The molecule has 2 aromatic carbocycles. The van der Waals surface area contributed by atoms with Crippen LogP contribution in [0.1, 0.15) is 10.5 Å². The molecule has 0 atom stereocenters. The first-order chi connectivity index (χ1) is 18.2. The van der Waals surface area contributed by atoms with Gasteiger partial charge in [-0.1, -0.05) is 35.9 Å². The number of carbonyl (C=O) groups excluding carboxylic acids is 1. The van der Waals surface area contributed by atoms with E-state index in [4.69, 9.17) is 16.3 Å². The molecule has 38 heavy (non-hydrogen) atoms. The van der Waals surface area contributed by atoms with Crippen LogP contribution in [-0.4, -0.2) is 42.5 Å². The third-order valence-corrected chi connectivity index (χ3v) is 8.22. The number of halogens is 1. The maximum absolute atomic E-state index is 13.1. The molecule has 0 bridgehead atoms. The summed E-state index contributed by atoms with van der Waals surface area (Å²) in [5, 5.41) is 7.85. The van der Waals surface area contributed by atoms with Crippen molar-refractivity contribution in [2.75, 3.05) is 18.7 Å². The van der Waals surface area contributed by atoms with Crippen molar-refractivity contribution >= 4 is 44.4 Å². The highest BCUT2D eigenvalue weighted by Crippen LogP contribution is 2.37. The lowest BCUT2D eigenvalue weighted by Gasteiger charge is -2.08. The van der Waals surface area contributed by atoms with Crippen molar-refractivity contribution in [3.63, 3.8) is 0 Å². The van der Waals surface area contributed by atoms with Crippen LogP contribution < -0.4 is 10.1 Å². The standard InChI is InChI=1S/C27H21ClN4O4S2/c1-36-26-13-10-18(16-29-26)30-27(33)21-15-23(32(31-21)22-9-4-3-8-20(22)28)25-12-11-24(37-25)17-6-5-7-19(14-17)38(2,34)35/h3-16H,1-2H3,(H,30,33). The number of sulfone groups is 1. The second-order valence-electron chi connectivity index (χ2n) is 8.29. The first-order valence-corrected chi connectivity index (χ1v) is 14.4. The molecule has 0 aliphatic heterocycles. The number of methoxy groups -OCH3 is 1. The van der Waals surface area contributed by atoms with Gasteiger partial charge in [0.15, 0.2) is 15.5 Å². The molecule has 1 N–H and O–H groups in total. The Morgan fingerprint density at radius 1 is 1.00 bits per heavy atom. The molecule has 0 radical (unpaired) electrons. The molecule has 0 saturated heterocycles. The number of benzene rings is 2. The number of para-hydroxylation sites is 1. The number of thiophene rings is 1. The number of ether oxygens (including phenoxy) is 1. The molecule has 11 heteroatoms. The lowest BCUT2D eigenvalue weighted by Crippen LogP contribution is -2.13. The number of nitrogens with zero attached hydrogens (tertiary/aromatic N) is 3. The van der Waals surface area contributed by atoms with Gasteiger partial charge >= 0.3 is 0 Å². The first kappa shape index (κ1) is 25.7. The van der Waals surface area contributed by atoms with Gasteiger partial charge in [0.25, 0.3) is 5.91 Å². The van der Waals surface area contributed by atoms with Crippen LogP contribution in [0.2, 0.25) is 5.02 Å². The molecule has 0 unspecified atom stereocenters. The van der Waals surface area contributed by atoms with Crippen molar-refractivity contribution in [2.24, 2.45) is 0 Å². The zero-order chi connectivity index (χ0) is 26.9. The van der Waals surface area contributed by atoms with Crippen LogP contribution in [0.3, 0.4) is 0 Å². The van der Waals surface area contributed by atoms with E-state index in [1.54, 1.807) is 47.1 Å². The molecule has 5 rings (SSSR count). The molecule has 3 heterocycles. The fourth-order valence-electron chi connectivity index (χ4n) is 3.76. The van der Waals surface area contributed by atoms with E-state index in [1.807, 2.05) is 36.4 Å². The van der Waals surface area contributed by atoms with E-state index in [1.165, 1.54) is 30.9 Å². The van der Waals surface area contributed by atoms with Gasteiger partial charge in [-0.2, -0.15) is 5.10 Å². The highest BCUT2D eigenvalue weighted by atomic mass is 35.5. The predicted molar refractivity (Wildman–Crippen MR) is 149 cm³/mol. The van der Waals surface area contributed by atoms with Gasteiger partial charge in [0.2, 0.25) is 5.88 Å². The summed E-state index contributed by atoms with van der Waals surface area (Å²) in [6, 6.07) is 22.9. The van der Waals surface area contributed by atoms with Crippen molar-refractivity contribution in [1.29, 1.82) is 0 Å². The molecule has 8 nitrogen and oxygen atoms in total. The summed E-state index contributed by atoms with van der Waals surface area (Å²) in [6.45, 7) is 0. The number of nitrogens with one attached hydrogen (secondary N) is 1. The molecule has 0 fully saturated rings. The maximum Gasteiger partial charge on any atom is 0.276 e. The van der Waals surface area contributed by atoms with Crippen LogP contribution in [0.25, 0.3) is 26.7 Å². The molecule has 3 aromatic heterocycles. The van der Waals surface area contributed by atoms with Gasteiger partial charge in [-0.15, -0.1) is 11.3 Å². The minimum Gasteiger partial charge on any atom is -0.481 e. The number of pyridine rings is 1. The van der Waals surface area contributed by atoms with E-state index >= 15 is 0 Å². The van der Waals surface area contributed by atoms with Gasteiger partial charge < -0.3 is 10.1 Å². The van der Waals surface area contributed by atoms with Crippen LogP contribution in [0.4, 0.5) is 5.69 Å². The highest BCUT2D eigenvalue weighted by Gasteiger charge is 2.20. The topological polar surface area (TPSA) is 103 Å². The molecular formula is C27H21ClN4O4S2. The van der Waals surface area contributed by atoms with Crippen LogP contribution in [-0.2, 0) is 9.84 Å². The minimum absolute atomic E-state index is 0.185. The van der Waals surface area contributed by atoms with Crippen LogP contribution in [0.5, 0.6) is 5.88 Å². The number of rotatable bonds is 7.